The molecule has 0 unspecified atom stereocenters. The molecule has 1 fully saturated rings. The molecular weight excluding hydrogens is 845 g/mol. The van der Waals surface area contributed by atoms with Crippen molar-refractivity contribution in [3.05, 3.63) is 70.1 Å². The van der Waals surface area contributed by atoms with Crippen LogP contribution in [0.2, 0.25) is 0 Å². The van der Waals surface area contributed by atoms with E-state index in [1.807, 2.05) is 39.0 Å². The third-order valence-corrected chi connectivity index (χ3v) is 10.1. The molecule has 0 saturated carbocycles. The fraction of sp³-hybridized carbons (Fsp3) is 0.568. The smallest absolute Gasteiger partial charge is 0.323 e. The van der Waals surface area contributed by atoms with Gasteiger partial charge in [0.1, 0.15) is 24.2 Å². The number of likely N-dealkylation sites (tertiary alicyclic amines) is 1. The molecule has 0 bridgehead atoms. The van der Waals surface area contributed by atoms with Gasteiger partial charge < -0.3 is 56.1 Å². The summed E-state index contributed by atoms with van der Waals surface area (Å²) in [5.41, 5.74) is 10.9. The van der Waals surface area contributed by atoms with Crippen LogP contribution in [0.4, 0.5) is 16.2 Å². The second kappa shape index (κ2) is 28.5. The van der Waals surface area contributed by atoms with Crippen LogP contribution in [-0.2, 0) is 49.4 Å². The summed E-state index contributed by atoms with van der Waals surface area (Å²) in [6, 6.07) is 8.81. The van der Waals surface area contributed by atoms with Gasteiger partial charge in [-0.25, -0.2) is 4.79 Å². The minimum Gasteiger partial charge on any atom is -0.481 e. The lowest BCUT2D eigenvalue weighted by Gasteiger charge is -2.31. The number of carbonyl (C=O) groups is 7. The number of aliphatic carboxylic acids is 1. The summed E-state index contributed by atoms with van der Waals surface area (Å²) >= 11 is 0. The number of carbonyl (C=O) groups excluding carboxylic acids is 6. The molecule has 0 aromatic heterocycles. The number of urea groups is 1. The Morgan fingerprint density at radius 2 is 1.48 bits per heavy atom. The third kappa shape index (κ3) is 19.6. The molecule has 0 spiro atoms. The minimum atomic E-state index is -1.60. The number of nitrogens with zero attached hydrogens (tertiary/aromatic N) is 4. The Morgan fingerprint density at radius 3 is 2.11 bits per heavy atom. The van der Waals surface area contributed by atoms with Crippen LogP contribution in [0.1, 0.15) is 64.5 Å². The second-order valence-corrected chi connectivity index (χ2v) is 16.2. The van der Waals surface area contributed by atoms with Crippen molar-refractivity contribution in [1.29, 1.82) is 0 Å². The summed E-state index contributed by atoms with van der Waals surface area (Å²) in [5, 5.41) is 29.2. The first-order valence-electron chi connectivity index (χ1n) is 21.8. The van der Waals surface area contributed by atoms with Gasteiger partial charge in [-0.05, 0) is 72.9 Å². The molecule has 3 rings (SSSR count). The standard InChI is InChI=1S/C44H64N10O11/c1-28(2)25-34(49-37(55)26-31-12-14-32(15-13-31)48-44(62)51-33-10-7-6-9-30(33)5)40(58)50-35(27-38(56)57)41(59)52-39(29(3)4)43(61)54-18-8-11-36(54)42(60)46-16-19-63-21-23-65-24-22-64-20-17-47-53-45/h6-7,9-10,12-15,28-29,34-36,39H,8,11,16-27H2,1-5H3,(H,46,60)(H,49,55)(H,50,58)(H,52,59)(H,56,57)(H2,48,51,62)/t34-,35-,36-,39-/m0/s1. The maximum absolute atomic E-state index is 13.9. The highest BCUT2D eigenvalue weighted by Crippen LogP contribution is 2.21. The van der Waals surface area contributed by atoms with E-state index < -0.39 is 72.1 Å². The van der Waals surface area contributed by atoms with Crippen molar-refractivity contribution >= 4 is 52.9 Å². The van der Waals surface area contributed by atoms with Crippen molar-refractivity contribution in [3.63, 3.8) is 0 Å². The van der Waals surface area contributed by atoms with Gasteiger partial charge >= 0.3 is 12.0 Å². The van der Waals surface area contributed by atoms with Gasteiger partial charge in [0.05, 0.1) is 52.5 Å². The number of hydrogen-bond acceptors (Lipinski definition) is 11. The van der Waals surface area contributed by atoms with Gasteiger partial charge in [-0.1, -0.05) is 63.1 Å². The number of carboxylic acid groups (broad SMARTS) is 1. The molecule has 2 aromatic carbocycles. The molecule has 4 atom stereocenters. The van der Waals surface area contributed by atoms with Crippen molar-refractivity contribution in [3.8, 4) is 0 Å². The molecule has 0 aliphatic carbocycles. The molecule has 0 radical (unpaired) electrons. The normalized spacial score (nSPS) is 14.7. The average molecular weight is 909 g/mol. The Balaban J connectivity index is 1.54. The fourth-order valence-corrected chi connectivity index (χ4v) is 6.80. The van der Waals surface area contributed by atoms with E-state index >= 15 is 0 Å². The lowest BCUT2D eigenvalue weighted by atomic mass is 10.00. The van der Waals surface area contributed by atoms with Gasteiger partial charge in [-0.15, -0.1) is 0 Å². The number of para-hydroxylation sites is 1. The number of ether oxygens (including phenoxy) is 3. The van der Waals surface area contributed by atoms with E-state index in [4.69, 9.17) is 19.7 Å². The highest BCUT2D eigenvalue weighted by molar-refractivity contribution is 6.00. The van der Waals surface area contributed by atoms with E-state index in [0.717, 1.165) is 5.56 Å². The van der Waals surface area contributed by atoms with Crippen molar-refractivity contribution in [2.24, 2.45) is 17.0 Å². The van der Waals surface area contributed by atoms with E-state index in [0.29, 0.717) is 56.2 Å². The molecule has 356 valence electrons. The molecule has 1 heterocycles. The first-order chi connectivity index (χ1) is 31.1. The number of hydrogen-bond donors (Lipinski definition) is 7. The number of benzene rings is 2. The average Bonchev–Trinajstić information content (AvgIpc) is 3.75. The predicted molar refractivity (Wildman–Crippen MR) is 241 cm³/mol. The molecular formula is C44H64N10O11. The Bertz CT molecular complexity index is 1940. The van der Waals surface area contributed by atoms with Crippen LogP contribution in [0.3, 0.4) is 0 Å². The SMILES string of the molecule is Cc1ccccc1NC(=O)Nc1ccc(CC(=O)N[C@@H](CC(C)C)C(=O)N[C@@H](CC(=O)O)C(=O)N[C@H](C(=O)N2CCC[C@H]2C(=O)NCCOCCOCCOCCN=[N+]=[N-])C(C)C)cc1. The number of amides is 7. The maximum Gasteiger partial charge on any atom is 0.323 e. The van der Waals surface area contributed by atoms with Gasteiger partial charge in [-0.3, -0.25) is 28.8 Å². The van der Waals surface area contributed by atoms with E-state index in [1.165, 1.54) is 4.90 Å². The fourth-order valence-electron chi connectivity index (χ4n) is 6.80. The Morgan fingerprint density at radius 1 is 0.831 bits per heavy atom. The summed E-state index contributed by atoms with van der Waals surface area (Å²) in [4.78, 5) is 96.2. The number of carboxylic acids is 1. The Hall–Kier alpha value is -6.28. The third-order valence-electron chi connectivity index (χ3n) is 10.1. The van der Waals surface area contributed by atoms with E-state index in [2.05, 4.69) is 41.9 Å². The maximum atomic E-state index is 13.9. The van der Waals surface area contributed by atoms with Crippen LogP contribution < -0.4 is 31.9 Å². The van der Waals surface area contributed by atoms with Gasteiger partial charge in [0.15, 0.2) is 0 Å². The van der Waals surface area contributed by atoms with Crippen molar-refractivity contribution in [2.75, 3.05) is 69.9 Å². The van der Waals surface area contributed by atoms with Crippen LogP contribution in [0.25, 0.3) is 10.4 Å². The molecule has 1 saturated heterocycles. The topological polar surface area (TPSA) is 292 Å². The molecule has 1 aliphatic rings. The van der Waals surface area contributed by atoms with Gasteiger partial charge in [-0.2, -0.15) is 0 Å². The first-order valence-corrected chi connectivity index (χ1v) is 21.8. The van der Waals surface area contributed by atoms with Gasteiger partial charge in [0.25, 0.3) is 0 Å². The highest BCUT2D eigenvalue weighted by atomic mass is 16.5. The van der Waals surface area contributed by atoms with Gasteiger partial charge in [0, 0.05) is 35.9 Å². The van der Waals surface area contributed by atoms with Crippen molar-refractivity contribution in [2.45, 2.75) is 90.9 Å². The number of aryl methyl sites for hydroxylation is 1. The van der Waals surface area contributed by atoms with Gasteiger partial charge in [0.2, 0.25) is 29.5 Å². The second-order valence-electron chi connectivity index (χ2n) is 16.2. The summed E-state index contributed by atoms with van der Waals surface area (Å²) in [6.07, 6.45) is 0.187. The highest BCUT2D eigenvalue weighted by Gasteiger charge is 2.40. The monoisotopic (exact) mass is 908 g/mol. The van der Waals surface area contributed by atoms with Crippen molar-refractivity contribution in [1.82, 2.24) is 26.2 Å². The number of nitrogens with one attached hydrogen (secondary N) is 6. The Labute approximate surface area is 379 Å². The van der Waals surface area contributed by atoms with E-state index in [-0.39, 0.29) is 57.5 Å². The zero-order valence-corrected chi connectivity index (χ0v) is 37.8. The molecule has 21 nitrogen and oxygen atoms in total. The zero-order valence-electron chi connectivity index (χ0n) is 37.8. The molecule has 7 amide bonds. The van der Waals surface area contributed by atoms with Crippen LogP contribution >= 0.6 is 0 Å². The number of azide groups is 1. The Kier molecular flexibility index (Phi) is 23.3. The largest absolute Gasteiger partial charge is 0.481 e. The van der Waals surface area contributed by atoms with Crippen LogP contribution in [0.5, 0.6) is 0 Å². The minimum absolute atomic E-state index is 0.0880. The van der Waals surface area contributed by atoms with Crippen LogP contribution in [0, 0.1) is 18.8 Å². The number of rotatable bonds is 28. The van der Waals surface area contributed by atoms with E-state index in [9.17, 15) is 38.7 Å². The zero-order chi connectivity index (χ0) is 47.7. The summed E-state index contributed by atoms with van der Waals surface area (Å²) in [5.74, 6) is -5.06. The summed E-state index contributed by atoms with van der Waals surface area (Å²) in [7, 11) is 0. The summed E-state index contributed by atoms with van der Waals surface area (Å²) in [6.45, 7) is 11.4. The molecule has 65 heavy (non-hydrogen) atoms. The predicted octanol–water partition coefficient (Wildman–Crippen LogP) is 3.28. The molecule has 2 aromatic rings. The van der Waals surface area contributed by atoms with Crippen LogP contribution in [0.15, 0.2) is 53.6 Å². The molecule has 7 N–H and O–H groups in total. The molecule has 21 heteroatoms. The lowest BCUT2D eigenvalue weighted by molar-refractivity contribution is -0.144. The van der Waals surface area contributed by atoms with E-state index in [1.54, 1.807) is 44.2 Å². The van der Waals surface area contributed by atoms with Crippen LogP contribution in [-0.4, -0.2) is 135 Å². The van der Waals surface area contributed by atoms with Crippen molar-refractivity contribution < 1.29 is 52.9 Å². The first kappa shape index (κ1) is 53.1. The molecule has 1 aliphatic heterocycles. The quantitative estimate of drug-likeness (QED) is 0.0281. The lowest BCUT2D eigenvalue weighted by Crippen LogP contribution is -2.59. The number of anilines is 2. The summed E-state index contributed by atoms with van der Waals surface area (Å²) < 4.78 is 16.2.